The Morgan fingerprint density at radius 2 is 2.00 bits per heavy atom. The fraction of sp³-hybridized carbons (Fsp3) is 0. The summed E-state index contributed by atoms with van der Waals surface area (Å²) in [5.41, 5.74) is 1.50. The van der Waals surface area contributed by atoms with Crippen LogP contribution >= 0.6 is 0 Å². The van der Waals surface area contributed by atoms with E-state index in [-0.39, 0.29) is 5.82 Å². The van der Waals surface area contributed by atoms with Gasteiger partial charge < -0.3 is 0 Å². The molecule has 0 amide bonds. The van der Waals surface area contributed by atoms with Crippen LogP contribution in [-0.4, -0.2) is 4.98 Å². The zero-order valence-corrected chi connectivity index (χ0v) is 7.81. The summed E-state index contributed by atoms with van der Waals surface area (Å²) in [6.07, 6.45) is 2.99. The van der Waals surface area contributed by atoms with Gasteiger partial charge in [0, 0.05) is 23.5 Å². The van der Waals surface area contributed by atoms with E-state index in [9.17, 15) is 4.39 Å². The number of nitriles is 1. The molecule has 1 heterocycles. The van der Waals surface area contributed by atoms with Gasteiger partial charge in [0.1, 0.15) is 11.9 Å². The van der Waals surface area contributed by atoms with E-state index in [0.717, 1.165) is 0 Å². The summed E-state index contributed by atoms with van der Waals surface area (Å²) in [5, 5.41) is 8.69. The normalized spacial score (nSPS) is 9.60. The van der Waals surface area contributed by atoms with Crippen molar-refractivity contribution >= 4 is 0 Å². The van der Waals surface area contributed by atoms with Crippen molar-refractivity contribution in [3.8, 4) is 17.2 Å². The second-order valence-corrected chi connectivity index (χ2v) is 3.05. The van der Waals surface area contributed by atoms with Crippen LogP contribution in [-0.2, 0) is 0 Å². The summed E-state index contributed by atoms with van der Waals surface area (Å²) in [5.74, 6) is -0.311. The second-order valence-electron chi connectivity index (χ2n) is 3.05. The summed E-state index contributed by atoms with van der Waals surface area (Å²) in [6.45, 7) is 0. The lowest BCUT2D eigenvalue weighted by molar-refractivity contribution is 0.631. The Balaban J connectivity index is 2.55. The number of benzene rings is 1. The van der Waals surface area contributed by atoms with Gasteiger partial charge in [0.25, 0.3) is 0 Å². The maximum absolute atomic E-state index is 13.4. The summed E-state index contributed by atoms with van der Waals surface area (Å²) < 4.78 is 13.4. The highest BCUT2D eigenvalue weighted by Crippen LogP contribution is 2.21. The van der Waals surface area contributed by atoms with Gasteiger partial charge in [-0.2, -0.15) is 5.26 Å². The van der Waals surface area contributed by atoms with Crippen molar-refractivity contribution in [1.29, 1.82) is 5.26 Å². The Bertz CT molecular complexity index is 529. The fourth-order valence-electron chi connectivity index (χ4n) is 1.34. The van der Waals surface area contributed by atoms with Crippen molar-refractivity contribution in [3.63, 3.8) is 0 Å². The van der Waals surface area contributed by atoms with Gasteiger partial charge in [-0.05, 0) is 12.1 Å². The Kier molecular flexibility index (Phi) is 2.42. The highest BCUT2D eigenvalue weighted by molar-refractivity contribution is 5.64. The maximum Gasteiger partial charge on any atom is 0.131 e. The smallest absolute Gasteiger partial charge is 0.131 e. The summed E-state index contributed by atoms with van der Waals surface area (Å²) in [6, 6.07) is 10.0. The van der Waals surface area contributed by atoms with E-state index in [1.54, 1.807) is 30.5 Å². The van der Waals surface area contributed by atoms with Crippen molar-refractivity contribution in [1.82, 2.24) is 4.98 Å². The molecule has 0 saturated heterocycles. The van der Waals surface area contributed by atoms with Crippen LogP contribution in [0.2, 0.25) is 0 Å². The third-order valence-corrected chi connectivity index (χ3v) is 2.05. The van der Waals surface area contributed by atoms with Crippen LogP contribution in [0.1, 0.15) is 5.56 Å². The molecule has 3 heteroatoms. The molecule has 72 valence electrons. The molecule has 0 radical (unpaired) electrons. The van der Waals surface area contributed by atoms with Crippen LogP contribution in [0, 0.1) is 17.1 Å². The molecule has 15 heavy (non-hydrogen) atoms. The quantitative estimate of drug-likeness (QED) is 0.706. The van der Waals surface area contributed by atoms with Crippen molar-refractivity contribution in [2.45, 2.75) is 0 Å². The van der Waals surface area contributed by atoms with Crippen molar-refractivity contribution in [2.75, 3.05) is 0 Å². The highest BCUT2D eigenvalue weighted by Gasteiger charge is 2.04. The van der Waals surface area contributed by atoms with Crippen molar-refractivity contribution in [2.24, 2.45) is 0 Å². The third-order valence-electron chi connectivity index (χ3n) is 2.05. The Morgan fingerprint density at radius 3 is 2.73 bits per heavy atom. The monoisotopic (exact) mass is 198 g/mol. The van der Waals surface area contributed by atoms with Gasteiger partial charge in [-0.3, -0.25) is 4.98 Å². The Hall–Kier alpha value is -2.21. The van der Waals surface area contributed by atoms with E-state index in [1.165, 1.54) is 12.3 Å². The molecule has 0 fully saturated rings. The zero-order valence-electron chi connectivity index (χ0n) is 7.81. The number of halogens is 1. The largest absolute Gasteiger partial charge is 0.263 e. The van der Waals surface area contributed by atoms with Crippen LogP contribution in [0.15, 0.2) is 42.7 Å². The number of hydrogen-bond donors (Lipinski definition) is 0. The average molecular weight is 198 g/mol. The molecule has 0 N–H and O–H groups in total. The average Bonchev–Trinajstić information content (AvgIpc) is 2.30. The first-order valence-corrected chi connectivity index (χ1v) is 4.41. The molecule has 0 aliphatic carbocycles. The first-order chi connectivity index (χ1) is 7.31. The molecule has 0 spiro atoms. The molecule has 0 bridgehead atoms. The van der Waals surface area contributed by atoms with E-state index in [4.69, 9.17) is 5.26 Å². The lowest BCUT2D eigenvalue weighted by Crippen LogP contribution is -1.86. The molecule has 0 aliphatic rings. The Labute approximate surface area is 86.6 Å². The zero-order chi connectivity index (χ0) is 10.7. The van der Waals surface area contributed by atoms with Crippen molar-refractivity contribution in [3.05, 3.63) is 54.1 Å². The van der Waals surface area contributed by atoms with E-state index in [2.05, 4.69) is 4.98 Å². The lowest BCUT2D eigenvalue weighted by atomic mass is 10.1. The topological polar surface area (TPSA) is 36.7 Å². The van der Waals surface area contributed by atoms with Gasteiger partial charge in [-0.1, -0.05) is 18.2 Å². The van der Waals surface area contributed by atoms with E-state index >= 15 is 0 Å². The molecule has 0 atom stereocenters. The van der Waals surface area contributed by atoms with Crippen LogP contribution < -0.4 is 0 Å². The number of pyridine rings is 1. The number of aromatic nitrogens is 1. The molecule has 2 aromatic rings. The molecule has 1 aromatic carbocycles. The van der Waals surface area contributed by atoms with Gasteiger partial charge in [-0.15, -0.1) is 0 Å². The van der Waals surface area contributed by atoms with E-state index in [1.807, 2.05) is 6.07 Å². The molecule has 2 rings (SSSR count). The molecule has 0 saturated carbocycles. The van der Waals surface area contributed by atoms with Gasteiger partial charge in [-0.25, -0.2) is 4.39 Å². The minimum absolute atomic E-state index is 0.311. The van der Waals surface area contributed by atoms with E-state index in [0.29, 0.717) is 16.7 Å². The molecule has 0 aliphatic heterocycles. The molecular weight excluding hydrogens is 191 g/mol. The van der Waals surface area contributed by atoms with Gasteiger partial charge in [0.15, 0.2) is 0 Å². The van der Waals surface area contributed by atoms with Crippen LogP contribution in [0.3, 0.4) is 0 Å². The predicted octanol–water partition coefficient (Wildman–Crippen LogP) is 2.76. The number of rotatable bonds is 1. The third kappa shape index (κ3) is 1.84. The summed E-state index contributed by atoms with van der Waals surface area (Å²) in [7, 11) is 0. The number of nitrogens with zero attached hydrogens (tertiary/aromatic N) is 2. The first kappa shape index (κ1) is 9.35. The Morgan fingerprint density at radius 1 is 1.20 bits per heavy atom. The van der Waals surface area contributed by atoms with Gasteiger partial charge in [0.2, 0.25) is 0 Å². The van der Waals surface area contributed by atoms with Gasteiger partial charge in [0.05, 0.1) is 5.56 Å². The standard InChI is InChI=1S/C12H7FN2/c13-12-4-2-1-3-11(12)10-5-9(6-14)7-15-8-10/h1-5,7-8H. The first-order valence-electron chi connectivity index (χ1n) is 4.41. The molecule has 2 nitrogen and oxygen atoms in total. The number of hydrogen-bond acceptors (Lipinski definition) is 2. The SMILES string of the molecule is N#Cc1cncc(-c2ccccc2F)c1. The second kappa shape index (κ2) is 3.89. The molecular formula is C12H7FN2. The minimum Gasteiger partial charge on any atom is -0.263 e. The van der Waals surface area contributed by atoms with Crippen LogP contribution in [0.5, 0.6) is 0 Å². The van der Waals surface area contributed by atoms with Crippen molar-refractivity contribution < 1.29 is 4.39 Å². The minimum atomic E-state index is -0.311. The molecule has 0 unspecified atom stereocenters. The summed E-state index contributed by atoms with van der Waals surface area (Å²) in [4.78, 5) is 3.88. The highest BCUT2D eigenvalue weighted by atomic mass is 19.1. The molecule has 1 aromatic heterocycles. The fourth-order valence-corrected chi connectivity index (χ4v) is 1.34. The van der Waals surface area contributed by atoms with Crippen LogP contribution in [0.4, 0.5) is 4.39 Å². The van der Waals surface area contributed by atoms with Crippen LogP contribution in [0.25, 0.3) is 11.1 Å². The summed E-state index contributed by atoms with van der Waals surface area (Å²) >= 11 is 0. The maximum atomic E-state index is 13.4. The predicted molar refractivity (Wildman–Crippen MR) is 54.3 cm³/mol. The van der Waals surface area contributed by atoms with E-state index < -0.39 is 0 Å². The van der Waals surface area contributed by atoms with Gasteiger partial charge >= 0.3 is 0 Å². The lowest BCUT2D eigenvalue weighted by Gasteiger charge is -2.02.